The Labute approximate surface area is 110 Å². The van der Waals surface area contributed by atoms with Gasteiger partial charge in [0, 0.05) is 0 Å². The highest BCUT2D eigenvalue weighted by molar-refractivity contribution is 9.10. The molecular weight excluding hydrogens is 282 g/mol. The molecule has 3 rings (SSSR count). The van der Waals surface area contributed by atoms with Gasteiger partial charge in [0.15, 0.2) is 11.5 Å². The normalized spacial score (nSPS) is 19.6. The summed E-state index contributed by atoms with van der Waals surface area (Å²) in [6.45, 7) is 4.71. The maximum absolute atomic E-state index is 5.50. The quantitative estimate of drug-likeness (QED) is 0.864. The predicted molar refractivity (Wildman–Crippen MR) is 69.8 cm³/mol. The van der Waals surface area contributed by atoms with Crippen LogP contribution in [0.3, 0.4) is 0 Å². The molecule has 0 saturated carbocycles. The van der Waals surface area contributed by atoms with E-state index in [1.165, 1.54) is 24.0 Å². The lowest BCUT2D eigenvalue weighted by Gasteiger charge is -2.25. The van der Waals surface area contributed by atoms with E-state index in [0.717, 1.165) is 29.1 Å². The Bertz CT molecular complexity index is 442. The molecule has 2 aliphatic heterocycles. The smallest absolute Gasteiger partial charge is 0.231 e. The van der Waals surface area contributed by atoms with E-state index < -0.39 is 0 Å². The Morgan fingerprint density at radius 2 is 2.06 bits per heavy atom. The molecule has 1 fully saturated rings. The molecule has 0 aromatic heterocycles. The van der Waals surface area contributed by atoms with Crippen LogP contribution in [0.4, 0.5) is 0 Å². The molecule has 0 spiro atoms. The average Bonchev–Trinajstić information content (AvgIpc) is 2.83. The van der Waals surface area contributed by atoms with Crippen LogP contribution in [0.2, 0.25) is 0 Å². The topological polar surface area (TPSA) is 30.5 Å². The molecule has 1 saturated heterocycles. The average molecular weight is 298 g/mol. The first-order valence-corrected chi connectivity index (χ1v) is 6.86. The number of rotatable bonds is 1. The minimum absolute atomic E-state index is 0.336. The first-order chi connectivity index (χ1) is 8.27. The van der Waals surface area contributed by atoms with Crippen LogP contribution >= 0.6 is 15.9 Å². The zero-order valence-electron chi connectivity index (χ0n) is 9.88. The molecule has 0 bridgehead atoms. The van der Waals surface area contributed by atoms with E-state index in [0.29, 0.717) is 12.7 Å². The van der Waals surface area contributed by atoms with Gasteiger partial charge in [-0.3, -0.25) is 0 Å². The summed E-state index contributed by atoms with van der Waals surface area (Å²) in [6.07, 6.45) is 2.40. The van der Waals surface area contributed by atoms with Crippen molar-refractivity contribution in [2.24, 2.45) is 0 Å². The van der Waals surface area contributed by atoms with Gasteiger partial charge < -0.3 is 14.8 Å². The van der Waals surface area contributed by atoms with Gasteiger partial charge in [-0.1, -0.05) is 0 Å². The highest BCUT2D eigenvalue weighted by atomic mass is 79.9. The van der Waals surface area contributed by atoms with Crippen molar-refractivity contribution in [2.75, 3.05) is 19.9 Å². The van der Waals surface area contributed by atoms with Crippen LogP contribution in [-0.4, -0.2) is 19.9 Å². The molecule has 4 heteroatoms. The van der Waals surface area contributed by atoms with E-state index in [4.69, 9.17) is 9.47 Å². The Morgan fingerprint density at radius 1 is 1.29 bits per heavy atom. The first kappa shape index (κ1) is 11.4. The molecule has 0 unspecified atom stereocenters. The van der Waals surface area contributed by atoms with Gasteiger partial charge in [-0.05, 0) is 71.9 Å². The van der Waals surface area contributed by atoms with E-state index in [1.54, 1.807) is 0 Å². The fraction of sp³-hybridized carbons (Fsp3) is 0.538. The highest BCUT2D eigenvalue weighted by Gasteiger charge is 2.25. The number of halogens is 1. The first-order valence-electron chi connectivity index (χ1n) is 6.06. The second kappa shape index (κ2) is 4.50. The Kier molecular flexibility index (Phi) is 3.01. The van der Waals surface area contributed by atoms with Crippen molar-refractivity contribution in [3.05, 3.63) is 21.7 Å². The zero-order valence-corrected chi connectivity index (χ0v) is 11.5. The third-order valence-corrected chi connectivity index (χ3v) is 4.62. The predicted octanol–water partition coefficient (Wildman–Crippen LogP) is 2.95. The second-order valence-corrected chi connectivity index (χ2v) is 5.46. The summed E-state index contributed by atoms with van der Waals surface area (Å²) in [5.41, 5.74) is 2.70. The Morgan fingerprint density at radius 3 is 2.82 bits per heavy atom. The van der Waals surface area contributed by atoms with Crippen LogP contribution in [0.1, 0.15) is 29.9 Å². The lowest BCUT2D eigenvalue weighted by molar-refractivity contribution is 0.173. The van der Waals surface area contributed by atoms with Crippen LogP contribution in [0, 0.1) is 6.92 Å². The lowest BCUT2D eigenvalue weighted by Crippen LogP contribution is -2.27. The van der Waals surface area contributed by atoms with Gasteiger partial charge in [-0.2, -0.15) is 0 Å². The molecule has 0 amide bonds. The third-order valence-electron chi connectivity index (χ3n) is 3.67. The summed E-state index contributed by atoms with van der Waals surface area (Å²) >= 11 is 3.63. The molecule has 0 aliphatic carbocycles. The minimum atomic E-state index is 0.336. The van der Waals surface area contributed by atoms with E-state index in [1.807, 2.05) is 0 Å². The highest BCUT2D eigenvalue weighted by Crippen LogP contribution is 2.45. The van der Waals surface area contributed by atoms with Gasteiger partial charge in [0.25, 0.3) is 0 Å². The molecular formula is C13H16BrNO2. The van der Waals surface area contributed by atoms with Crippen molar-refractivity contribution in [2.45, 2.75) is 25.7 Å². The van der Waals surface area contributed by atoms with Crippen molar-refractivity contribution in [1.29, 1.82) is 0 Å². The molecule has 0 atom stereocenters. The van der Waals surface area contributed by atoms with Crippen LogP contribution in [0.5, 0.6) is 11.5 Å². The molecule has 3 nitrogen and oxygen atoms in total. The number of hydrogen-bond acceptors (Lipinski definition) is 3. The summed E-state index contributed by atoms with van der Waals surface area (Å²) in [6, 6.07) is 2.17. The van der Waals surface area contributed by atoms with Gasteiger partial charge in [-0.15, -0.1) is 0 Å². The molecule has 1 aromatic carbocycles. The van der Waals surface area contributed by atoms with Gasteiger partial charge >= 0.3 is 0 Å². The number of fused-ring (bicyclic) bond motifs is 1. The number of benzene rings is 1. The monoisotopic (exact) mass is 297 g/mol. The summed E-state index contributed by atoms with van der Waals surface area (Å²) in [5, 5.41) is 3.40. The van der Waals surface area contributed by atoms with Crippen LogP contribution in [-0.2, 0) is 0 Å². The van der Waals surface area contributed by atoms with Crippen molar-refractivity contribution < 1.29 is 9.47 Å². The van der Waals surface area contributed by atoms with Crippen molar-refractivity contribution in [3.63, 3.8) is 0 Å². The molecule has 17 heavy (non-hydrogen) atoms. The molecule has 1 N–H and O–H groups in total. The summed E-state index contributed by atoms with van der Waals surface area (Å²) < 4.78 is 12.0. The van der Waals surface area contributed by atoms with E-state index in [-0.39, 0.29) is 0 Å². The van der Waals surface area contributed by atoms with E-state index >= 15 is 0 Å². The fourth-order valence-corrected chi connectivity index (χ4v) is 3.21. The van der Waals surface area contributed by atoms with Gasteiger partial charge in [0.05, 0.1) is 4.47 Å². The van der Waals surface area contributed by atoms with E-state index in [9.17, 15) is 0 Å². The summed E-state index contributed by atoms with van der Waals surface area (Å²) in [7, 11) is 0. The van der Waals surface area contributed by atoms with Crippen LogP contribution in [0.25, 0.3) is 0 Å². The second-order valence-electron chi connectivity index (χ2n) is 4.66. The Balaban J connectivity index is 2.01. The lowest BCUT2D eigenvalue weighted by atomic mass is 9.87. The van der Waals surface area contributed by atoms with Gasteiger partial charge in [-0.25, -0.2) is 0 Å². The number of piperidine rings is 1. The molecule has 0 radical (unpaired) electrons. The minimum Gasteiger partial charge on any atom is -0.454 e. The standard InChI is InChI=1S/C13H16BrNO2/c1-8-10(9-2-4-15-5-3-9)6-11-13(12(8)14)17-7-16-11/h6,9,15H,2-5,7H2,1H3. The van der Waals surface area contributed by atoms with Crippen LogP contribution < -0.4 is 14.8 Å². The molecule has 1 aromatic rings. The molecule has 2 heterocycles. The van der Waals surface area contributed by atoms with Crippen molar-refractivity contribution in [1.82, 2.24) is 5.32 Å². The zero-order chi connectivity index (χ0) is 11.8. The number of hydrogen-bond donors (Lipinski definition) is 1. The maximum atomic E-state index is 5.50. The van der Waals surface area contributed by atoms with E-state index in [2.05, 4.69) is 34.2 Å². The largest absolute Gasteiger partial charge is 0.454 e. The summed E-state index contributed by atoms with van der Waals surface area (Å²) in [4.78, 5) is 0. The molecule has 2 aliphatic rings. The molecule has 92 valence electrons. The van der Waals surface area contributed by atoms with Crippen molar-refractivity contribution >= 4 is 15.9 Å². The third kappa shape index (κ3) is 1.93. The maximum Gasteiger partial charge on any atom is 0.231 e. The Hall–Kier alpha value is -0.740. The van der Waals surface area contributed by atoms with Crippen molar-refractivity contribution in [3.8, 4) is 11.5 Å². The van der Waals surface area contributed by atoms with Gasteiger partial charge in [0.1, 0.15) is 0 Å². The fourth-order valence-electron chi connectivity index (χ4n) is 2.67. The number of ether oxygens (including phenoxy) is 2. The summed E-state index contributed by atoms with van der Waals surface area (Å²) in [5.74, 6) is 2.39. The number of nitrogens with one attached hydrogen (secondary N) is 1. The SMILES string of the molecule is Cc1c(C2CCNCC2)cc2c(c1Br)OCO2. The van der Waals surface area contributed by atoms with Crippen LogP contribution in [0.15, 0.2) is 10.5 Å². The van der Waals surface area contributed by atoms with Gasteiger partial charge in [0.2, 0.25) is 6.79 Å².